The molecule has 3 aromatic rings. The van der Waals surface area contributed by atoms with Crippen molar-refractivity contribution in [2.45, 2.75) is 0 Å². The maximum absolute atomic E-state index is 5.93. The second-order valence-corrected chi connectivity index (χ2v) is 4.96. The molecule has 0 amide bonds. The summed E-state index contributed by atoms with van der Waals surface area (Å²) in [4.78, 5) is 7.47. The normalized spacial score (nSPS) is 11.3. The minimum atomic E-state index is 0.499. The lowest BCUT2D eigenvalue weighted by molar-refractivity contribution is 1.21. The van der Waals surface area contributed by atoms with Gasteiger partial charge in [-0.1, -0.05) is 41.4 Å². The smallest absolute Gasteiger partial charge is 0.222 e. The van der Waals surface area contributed by atoms with Crippen molar-refractivity contribution in [3.8, 4) is 0 Å². The summed E-state index contributed by atoms with van der Waals surface area (Å²) in [6, 6.07) is 13.1. The fraction of sp³-hybridized carbons (Fsp3) is 0. The van der Waals surface area contributed by atoms with Gasteiger partial charge in [0, 0.05) is 0 Å². The van der Waals surface area contributed by atoms with E-state index in [1.165, 1.54) is 0 Å². The molecule has 4 nitrogen and oxygen atoms in total. The van der Waals surface area contributed by atoms with Crippen LogP contribution in [0.3, 0.4) is 0 Å². The number of benzene rings is 2. The monoisotopic (exact) mass is 304 g/mol. The zero-order valence-corrected chi connectivity index (χ0v) is 11.8. The summed E-state index contributed by atoms with van der Waals surface area (Å²) < 4.78 is 0. The molecule has 3 rings (SSSR count). The lowest BCUT2D eigenvalue weighted by Crippen LogP contribution is -1.92. The van der Waals surface area contributed by atoms with Crippen LogP contribution in [0.2, 0.25) is 10.0 Å². The zero-order valence-electron chi connectivity index (χ0n) is 10.3. The zero-order chi connectivity index (χ0) is 13.9. The molecule has 0 unspecified atom stereocenters. The lowest BCUT2D eigenvalue weighted by atomic mass is 10.2. The van der Waals surface area contributed by atoms with E-state index in [1.807, 2.05) is 30.3 Å². The molecule has 6 heteroatoms. The number of para-hydroxylation sites is 2. The van der Waals surface area contributed by atoms with Gasteiger partial charge in [-0.2, -0.15) is 5.10 Å². The molecule has 0 aliphatic carbocycles. The number of nitrogens with zero attached hydrogens (tertiary/aromatic N) is 2. The van der Waals surface area contributed by atoms with Gasteiger partial charge in [0.15, 0.2) is 0 Å². The molecule has 2 aromatic carbocycles. The van der Waals surface area contributed by atoms with E-state index < -0.39 is 0 Å². The number of H-pyrrole nitrogens is 1. The van der Waals surface area contributed by atoms with Gasteiger partial charge in [0.25, 0.3) is 0 Å². The fourth-order valence-electron chi connectivity index (χ4n) is 1.77. The van der Waals surface area contributed by atoms with E-state index in [2.05, 4.69) is 20.5 Å². The van der Waals surface area contributed by atoms with Crippen LogP contribution in [0.15, 0.2) is 47.6 Å². The first-order valence-electron chi connectivity index (χ1n) is 5.91. The summed E-state index contributed by atoms with van der Waals surface area (Å²) in [6.07, 6.45) is 1.65. The Labute approximate surface area is 125 Å². The minimum Gasteiger partial charge on any atom is -0.323 e. The molecule has 0 aliphatic heterocycles. The maximum atomic E-state index is 5.93. The quantitative estimate of drug-likeness (QED) is 0.559. The highest BCUT2D eigenvalue weighted by Crippen LogP contribution is 2.21. The Hall–Kier alpha value is -2.04. The molecule has 0 saturated heterocycles. The Balaban J connectivity index is 1.75. The van der Waals surface area contributed by atoms with Crippen LogP contribution in [0.1, 0.15) is 5.56 Å². The van der Waals surface area contributed by atoms with Crippen molar-refractivity contribution < 1.29 is 0 Å². The Morgan fingerprint density at radius 3 is 2.75 bits per heavy atom. The Bertz CT molecular complexity index is 747. The highest BCUT2D eigenvalue weighted by Gasteiger charge is 2.00. The Kier molecular flexibility index (Phi) is 3.58. The van der Waals surface area contributed by atoms with Crippen molar-refractivity contribution in [1.29, 1.82) is 0 Å². The van der Waals surface area contributed by atoms with E-state index in [1.54, 1.807) is 18.3 Å². The van der Waals surface area contributed by atoms with Gasteiger partial charge in [-0.15, -0.1) is 0 Å². The molecule has 0 radical (unpaired) electrons. The Morgan fingerprint density at radius 1 is 1.10 bits per heavy atom. The van der Waals surface area contributed by atoms with E-state index in [0.717, 1.165) is 16.6 Å². The largest absolute Gasteiger partial charge is 0.323 e. The molecule has 0 bridgehead atoms. The van der Waals surface area contributed by atoms with Crippen LogP contribution in [0.25, 0.3) is 11.0 Å². The van der Waals surface area contributed by atoms with Gasteiger partial charge >= 0.3 is 0 Å². The number of aromatic amines is 1. The highest BCUT2D eigenvalue weighted by molar-refractivity contribution is 6.42. The average Bonchev–Trinajstić information content (AvgIpc) is 2.85. The van der Waals surface area contributed by atoms with Crippen LogP contribution < -0.4 is 5.43 Å². The molecule has 0 atom stereocenters. The lowest BCUT2D eigenvalue weighted by Gasteiger charge is -1.97. The molecule has 0 fully saturated rings. The fourth-order valence-corrected chi connectivity index (χ4v) is 2.07. The Morgan fingerprint density at radius 2 is 1.95 bits per heavy atom. The van der Waals surface area contributed by atoms with E-state index >= 15 is 0 Å². The first kappa shape index (κ1) is 13.0. The minimum absolute atomic E-state index is 0.499. The predicted molar refractivity (Wildman–Crippen MR) is 83.8 cm³/mol. The van der Waals surface area contributed by atoms with Crippen molar-refractivity contribution in [3.63, 3.8) is 0 Å². The second-order valence-electron chi connectivity index (χ2n) is 4.15. The van der Waals surface area contributed by atoms with E-state index in [9.17, 15) is 0 Å². The third kappa shape index (κ3) is 2.76. The van der Waals surface area contributed by atoms with Gasteiger partial charge < -0.3 is 4.98 Å². The van der Waals surface area contributed by atoms with Crippen molar-refractivity contribution in [3.05, 3.63) is 58.1 Å². The second kappa shape index (κ2) is 5.53. The molecule has 0 saturated carbocycles. The third-order valence-corrected chi connectivity index (χ3v) is 3.46. The number of nitrogens with one attached hydrogen (secondary N) is 2. The molecular weight excluding hydrogens is 295 g/mol. The van der Waals surface area contributed by atoms with Crippen LogP contribution in [0, 0.1) is 0 Å². The first-order valence-corrected chi connectivity index (χ1v) is 6.67. The van der Waals surface area contributed by atoms with Crippen molar-refractivity contribution in [1.82, 2.24) is 9.97 Å². The number of anilines is 1. The van der Waals surface area contributed by atoms with Crippen LogP contribution in [0.5, 0.6) is 0 Å². The predicted octanol–water partition coefficient (Wildman–Crippen LogP) is 4.32. The van der Waals surface area contributed by atoms with Gasteiger partial charge in [0.05, 0.1) is 27.3 Å². The topological polar surface area (TPSA) is 53.1 Å². The number of hydrogen-bond acceptors (Lipinski definition) is 3. The first-order chi connectivity index (χ1) is 9.72. The number of hydrogen-bond donors (Lipinski definition) is 2. The van der Waals surface area contributed by atoms with E-state index in [0.29, 0.717) is 16.0 Å². The van der Waals surface area contributed by atoms with Gasteiger partial charge in [-0.05, 0) is 29.8 Å². The molecule has 0 spiro atoms. The number of hydrazone groups is 1. The molecule has 0 aliphatic rings. The molecule has 1 aromatic heterocycles. The molecule has 2 N–H and O–H groups in total. The summed E-state index contributed by atoms with van der Waals surface area (Å²) in [6.45, 7) is 0. The van der Waals surface area contributed by atoms with Gasteiger partial charge in [0.2, 0.25) is 5.95 Å². The average molecular weight is 305 g/mol. The highest BCUT2D eigenvalue weighted by atomic mass is 35.5. The van der Waals surface area contributed by atoms with Crippen LogP contribution in [-0.2, 0) is 0 Å². The maximum Gasteiger partial charge on any atom is 0.222 e. The molecule has 1 heterocycles. The van der Waals surface area contributed by atoms with Crippen LogP contribution in [0.4, 0.5) is 5.95 Å². The van der Waals surface area contributed by atoms with Crippen LogP contribution >= 0.6 is 23.2 Å². The molecule has 100 valence electrons. The van der Waals surface area contributed by atoms with Gasteiger partial charge in [-0.3, -0.25) is 0 Å². The summed E-state index contributed by atoms with van der Waals surface area (Å²) in [5, 5.41) is 5.13. The van der Waals surface area contributed by atoms with Crippen molar-refractivity contribution in [2.24, 2.45) is 5.10 Å². The number of fused-ring (bicyclic) bond motifs is 1. The summed E-state index contributed by atoms with van der Waals surface area (Å²) in [7, 11) is 0. The molecule has 20 heavy (non-hydrogen) atoms. The van der Waals surface area contributed by atoms with Crippen molar-refractivity contribution >= 4 is 46.4 Å². The third-order valence-electron chi connectivity index (χ3n) is 2.72. The van der Waals surface area contributed by atoms with Crippen molar-refractivity contribution in [2.75, 3.05) is 5.43 Å². The summed E-state index contributed by atoms with van der Waals surface area (Å²) in [5.41, 5.74) is 5.54. The van der Waals surface area contributed by atoms with Crippen LogP contribution in [-0.4, -0.2) is 16.2 Å². The molecular formula is C14H10Cl2N4. The number of halogens is 2. The van der Waals surface area contributed by atoms with E-state index in [-0.39, 0.29) is 0 Å². The standard InChI is InChI=1S/C14H10Cl2N4/c15-10-6-5-9(7-11(10)16)8-17-20-14-18-12-3-1-2-4-13(12)19-14/h1-8H,(H2,18,19,20)/b17-8-. The number of rotatable bonds is 3. The summed E-state index contributed by atoms with van der Waals surface area (Å²) >= 11 is 11.8. The summed E-state index contributed by atoms with van der Waals surface area (Å²) in [5.74, 6) is 0.586. The van der Waals surface area contributed by atoms with Gasteiger partial charge in [-0.25, -0.2) is 10.4 Å². The van der Waals surface area contributed by atoms with Gasteiger partial charge in [0.1, 0.15) is 0 Å². The van der Waals surface area contributed by atoms with E-state index in [4.69, 9.17) is 23.2 Å². The number of aromatic nitrogens is 2. The SMILES string of the molecule is Clc1ccc(/C=N\Nc2nc3ccccc3[nH]2)cc1Cl. The number of imidazole rings is 1.